The molecule has 0 bridgehead atoms. The summed E-state index contributed by atoms with van der Waals surface area (Å²) < 4.78 is 5.37. The summed E-state index contributed by atoms with van der Waals surface area (Å²) in [6.45, 7) is 1.91. The van der Waals surface area contributed by atoms with Gasteiger partial charge in [-0.2, -0.15) is 0 Å². The second kappa shape index (κ2) is 5.67. The molecule has 0 aliphatic carbocycles. The van der Waals surface area contributed by atoms with Crippen LogP contribution in [-0.4, -0.2) is 23.8 Å². The van der Waals surface area contributed by atoms with Crippen LogP contribution < -0.4 is 5.32 Å². The molecule has 1 aromatic carbocycles. The lowest BCUT2D eigenvalue weighted by Crippen LogP contribution is -2.37. The summed E-state index contributed by atoms with van der Waals surface area (Å²) in [4.78, 5) is 26.3. The summed E-state index contributed by atoms with van der Waals surface area (Å²) in [7, 11) is 1.74. The number of anilines is 1. The molecule has 2 atom stereocenters. The molecule has 114 valence electrons. The fraction of sp³-hybridized carbons (Fsp3) is 0.294. The molecule has 2 unspecified atom stereocenters. The minimum Gasteiger partial charge on any atom is -0.467 e. The highest BCUT2D eigenvalue weighted by Crippen LogP contribution is 2.34. The number of nitrogens with zero attached hydrogens (tertiary/aromatic N) is 1. The molecule has 0 fully saturated rings. The van der Waals surface area contributed by atoms with Crippen molar-refractivity contribution in [3.63, 3.8) is 0 Å². The van der Waals surface area contributed by atoms with Gasteiger partial charge in [0.1, 0.15) is 5.76 Å². The van der Waals surface area contributed by atoms with E-state index in [1.54, 1.807) is 24.3 Å². The number of carbonyl (C=O) groups is 2. The number of fused-ring (bicyclic) bond motifs is 1. The number of benzene rings is 1. The van der Waals surface area contributed by atoms with Gasteiger partial charge in [0.25, 0.3) is 0 Å². The van der Waals surface area contributed by atoms with Crippen molar-refractivity contribution in [3.05, 3.63) is 54.0 Å². The van der Waals surface area contributed by atoms with Gasteiger partial charge in [0.2, 0.25) is 11.8 Å². The summed E-state index contributed by atoms with van der Waals surface area (Å²) in [6, 6.07) is 10.9. The topological polar surface area (TPSA) is 62.6 Å². The third kappa shape index (κ3) is 2.50. The van der Waals surface area contributed by atoms with Crippen molar-refractivity contribution in [2.24, 2.45) is 0 Å². The van der Waals surface area contributed by atoms with Gasteiger partial charge in [0.05, 0.1) is 18.2 Å². The van der Waals surface area contributed by atoms with Gasteiger partial charge in [-0.15, -0.1) is 0 Å². The molecule has 22 heavy (non-hydrogen) atoms. The Kier molecular flexibility index (Phi) is 3.71. The quantitative estimate of drug-likeness (QED) is 0.947. The molecule has 0 radical (unpaired) electrons. The number of nitrogens with one attached hydrogen (secondary N) is 1. The van der Waals surface area contributed by atoms with E-state index in [-0.39, 0.29) is 24.3 Å². The van der Waals surface area contributed by atoms with Crippen molar-refractivity contribution >= 4 is 17.5 Å². The average molecular weight is 298 g/mol. The standard InChI is InChI=1S/C17H18N2O3/c1-11(15-8-5-9-22-15)19(2)17(21)13-10-16(20)18-14-7-4-3-6-12(13)14/h3-9,11,13H,10H2,1-2H3,(H,18,20). The summed E-state index contributed by atoms with van der Waals surface area (Å²) in [5, 5.41) is 2.81. The van der Waals surface area contributed by atoms with Crippen LogP contribution in [0.4, 0.5) is 5.69 Å². The van der Waals surface area contributed by atoms with Crippen LogP contribution in [0.2, 0.25) is 0 Å². The molecule has 0 spiro atoms. The van der Waals surface area contributed by atoms with E-state index in [4.69, 9.17) is 4.42 Å². The van der Waals surface area contributed by atoms with Crippen LogP contribution in [0.25, 0.3) is 0 Å². The second-order valence-corrected chi connectivity index (χ2v) is 5.53. The smallest absolute Gasteiger partial charge is 0.231 e. The van der Waals surface area contributed by atoms with E-state index in [1.165, 1.54) is 0 Å². The molecular weight excluding hydrogens is 280 g/mol. The van der Waals surface area contributed by atoms with Crippen LogP contribution in [0.5, 0.6) is 0 Å². The van der Waals surface area contributed by atoms with E-state index in [0.717, 1.165) is 17.0 Å². The van der Waals surface area contributed by atoms with Crippen molar-refractivity contribution in [1.29, 1.82) is 0 Å². The summed E-state index contributed by atoms with van der Waals surface area (Å²) in [5.41, 5.74) is 1.58. The first-order valence-electron chi connectivity index (χ1n) is 7.26. The molecule has 5 heteroatoms. The molecule has 1 aliphatic heterocycles. The van der Waals surface area contributed by atoms with Crippen molar-refractivity contribution in [1.82, 2.24) is 4.90 Å². The summed E-state index contributed by atoms with van der Waals surface area (Å²) in [5.74, 6) is 0.0686. The lowest BCUT2D eigenvalue weighted by Gasteiger charge is -2.31. The predicted octanol–water partition coefficient (Wildman–Crippen LogP) is 2.93. The van der Waals surface area contributed by atoms with Crippen LogP contribution in [0.3, 0.4) is 0 Å². The summed E-state index contributed by atoms with van der Waals surface area (Å²) >= 11 is 0. The van der Waals surface area contributed by atoms with Gasteiger partial charge >= 0.3 is 0 Å². The second-order valence-electron chi connectivity index (χ2n) is 5.53. The Balaban J connectivity index is 1.87. The number of furan rings is 1. The lowest BCUT2D eigenvalue weighted by molar-refractivity contribution is -0.135. The predicted molar refractivity (Wildman–Crippen MR) is 82.3 cm³/mol. The molecule has 0 saturated carbocycles. The first kappa shape index (κ1) is 14.4. The number of rotatable bonds is 3. The number of amides is 2. The third-order valence-corrected chi connectivity index (χ3v) is 4.18. The lowest BCUT2D eigenvalue weighted by atomic mass is 9.89. The molecule has 2 amide bonds. The summed E-state index contributed by atoms with van der Waals surface area (Å²) in [6.07, 6.45) is 1.76. The molecule has 1 aliphatic rings. The highest BCUT2D eigenvalue weighted by atomic mass is 16.3. The molecule has 1 aromatic heterocycles. The van der Waals surface area contributed by atoms with Gasteiger partial charge in [0.15, 0.2) is 0 Å². The molecule has 2 aromatic rings. The third-order valence-electron chi connectivity index (χ3n) is 4.18. The van der Waals surface area contributed by atoms with E-state index >= 15 is 0 Å². The molecule has 5 nitrogen and oxygen atoms in total. The van der Waals surface area contributed by atoms with Crippen LogP contribution in [0, 0.1) is 0 Å². The maximum absolute atomic E-state index is 12.8. The van der Waals surface area contributed by atoms with E-state index in [0.29, 0.717) is 0 Å². The normalized spacial score (nSPS) is 18.3. The van der Waals surface area contributed by atoms with Gasteiger partial charge in [-0.1, -0.05) is 18.2 Å². The van der Waals surface area contributed by atoms with E-state index in [9.17, 15) is 9.59 Å². The SMILES string of the molecule is CC(c1ccco1)N(C)C(=O)C1CC(=O)Nc2ccccc21. The van der Waals surface area contributed by atoms with E-state index < -0.39 is 5.92 Å². The Morgan fingerprint density at radius 2 is 2.09 bits per heavy atom. The van der Waals surface area contributed by atoms with Gasteiger partial charge in [-0.05, 0) is 30.7 Å². The minimum absolute atomic E-state index is 0.0776. The Morgan fingerprint density at radius 3 is 2.82 bits per heavy atom. The molecule has 3 rings (SSSR count). The molecular formula is C17H18N2O3. The highest BCUT2D eigenvalue weighted by Gasteiger charge is 2.34. The average Bonchev–Trinajstić information content (AvgIpc) is 3.06. The van der Waals surface area contributed by atoms with Crippen LogP contribution >= 0.6 is 0 Å². The van der Waals surface area contributed by atoms with Crippen molar-refractivity contribution in [2.45, 2.75) is 25.3 Å². The molecule has 1 N–H and O–H groups in total. The monoisotopic (exact) mass is 298 g/mol. The van der Waals surface area contributed by atoms with Crippen molar-refractivity contribution < 1.29 is 14.0 Å². The fourth-order valence-corrected chi connectivity index (χ4v) is 2.79. The Labute approximate surface area is 128 Å². The number of para-hydroxylation sites is 1. The number of hydrogen-bond acceptors (Lipinski definition) is 3. The highest BCUT2D eigenvalue weighted by molar-refractivity contribution is 6.01. The van der Waals surface area contributed by atoms with Crippen LogP contribution in [0.1, 0.15) is 36.6 Å². The van der Waals surface area contributed by atoms with Crippen LogP contribution in [-0.2, 0) is 9.59 Å². The Morgan fingerprint density at radius 1 is 1.32 bits per heavy atom. The Bertz CT molecular complexity index is 694. The first-order chi connectivity index (χ1) is 10.6. The van der Waals surface area contributed by atoms with Crippen molar-refractivity contribution in [2.75, 3.05) is 12.4 Å². The largest absolute Gasteiger partial charge is 0.467 e. The maximum Gasteiger partial charge on any atom is 0.231 e. The fourth-order valence-electron chi connectivity index (χ4n) is 2.79. The van der Waals surface area contributed by atoms with Gasteiger partial charge in [-0.25, -0.2) is 0 Å². The van der Waals surface area contributed by atoms with E-state index in [2.05, 4.69) is 5.32 Å². The molecule has 2 heterocycles. The molecule has 0 saturated heterocycles. The Hall–Kier alpha value is -2.56. The maximum atomic E-state index is 12.8. The zero-order valence-electron chi connectivity index (χ0n) is 12.6. The van der Waals surface area contributed by atoms with Gasteiger partial charge in [0, 0.05) is 19.2 Å². The minimum atomic E-state index is -0.452. The number of hydrogen-bond donors (Lipinski definition) is 1. The zero-order chi connectivity index (χ0) is 15.7. The van der Waals surface area contributed by atoms with E-state index in [1.807, 2.05) is 37.3 Å². The number of carbonyl (C=O) groups excluding carboxylic acids is 2. The zero-order valence-corrected chi connectivity index (χ0v) is 12.6. The van der Waals surface area contributed by atoms with Crippen molar-refractivity contribution in [3.8, 4) is 0 Å². The van der Waals surface area contributed by atoms with Gasteiger partial charge < -0.3 is 14.6 Å². The first-order valence-corrected chi connectivity index (χ1v) is 7.26. The number of likely N-dealkylation sites (N-methyl/N-ethyl adjacent to an activating group) is 1. The van der Waals surface area contributed by atoms with Gasteiger partial charge in [-0.3, -0.25) is 9.59 Å². The van der Waals surface area contributed by atoms with Crippen LogP contribution in [0.15, 0.2) is 47.1 Å².